The highest BCUT2D eigenvalue weighted by atomic mass is 16.5. The Kier molecular flexibility index (Phi) is 8.07. The molecule has 2 nitrogen and oxygen atoms in total. The SMILES string of the molecule is CCOC(C(C)C)C(O)CC(CC)CC. The topological polar surface area (TPSA) is 29.5 Å². The van der Waals surface area contributed by atoms with Crippen LogP contribution < -0.4 is 0 Å². The highest BCUT2D eigenvalue weighted by molar-refractivity contribution is 4.75. The molecule has 2 heteroatoms. The summed E-state index contributed by atoms with van der Waals surface area (Å²) < 4.78 is 5.61. The number of aliphatic hydroxyl groups is 1. The molecule has 0 aromatic rings. The average Bonchev–Trinajstić information content (AvgIpc) is 2.21. The second-order valence-electron chi connectivity index (χ2n) is 4.65. The van der Waals surface area contributed by atoms with Crippen molar-refractivity contribution < 1.29 is 9.84 Å². The first-order chi connectivity index (χ1) is 7.06. The van der Waals surface area contributed by atoms with Crippen LogP contribution in [0.5, 0.6) is 0 Å². The Hall–Kier alpha value is -0.0800. The smallest absolute Gasteiger partial charge is 0.0856 e. The first-order valence-corrected chi connectivity index (χ1v) is 6.36. The molecule has 2 atom stereocenters. The maximum atomic E-state index is 10.1. The third kappa shape index (κ3) is 5.53. The molecule has 0 aromatic carbocycles. The molecule has 92 valence electrons. The third-order valence-electron chi connectivity index (χ3n) is 3.12. The molecular weight excluding hydrogens is 188 g/mol. The molecule has 2 unspecified atom stereocenters. The highest BCUT2D eigenvalue weighted by Gasteiger charge is 2.24. The van der Waals surface area contributed by atoms with Crippen molar-refractivity contribution in [2.45, 2.75) is 66.1 Å². The van der Waals surface area contributed by atoms with E-state index in [9.17, 15) is 5.11 Å². The summed E-state index contributed by atoms with van der Waals surface area (Å²) in [7, 11) is 0. The van der Waals surface area contributed by atoms with E-state index < -0.39 is 0 Å². The largest absolute Gasteiger partial charge is 0.390 e. The van der Waals surface area contributed by atoms with Gasteiger partial charge in [0.25, 0.3) is 0 Å². The number of hydrogen-bond donors (Lipinski definition) is 1. The second kappa shape index (κ2) is 8.12. The van der Waals surface area contributed by atoms with Crippen LogP contribution in [-0.2, 0) is 4.74 Å². The molecule has 0 radical (unpaired) electrons. The molecule has 0 amide bonds. The zero-order chi connectivity index (χ0) is 11.8. The van der Waals surface area contributed by atoms with Gasteiger partial charge >= 0.3 is 0 Å². The van der Waals surface area contributed by atoms with E-state index in [0.717, 1.165) is 19.3 Å². The van der Waals surface area contributed by atoms with E-state index in [1.807, 2.05) is 6.92 Å². The molecule has 0 spiro atoms. The van der Waals surface area contributed by atoms with Crippen LogP contribution in [0, 0.1) is 11.8 Å². The predicted octanol–water partition coefficient (Wildman–Crippen LogP) is 3.23. The molecule has 0 heterocycles. The highest BCUT2D eigenvalue weighted by Crippen LogP contribution is 2.21. The minimum absolute atomic E-state index is 0.00407. The summed E-state index contributed by atoms with van der Waals surface area (Å²) in [6.45, 7) is 11.3. The van der Waals surface area contributed by atoms with Crippen LogP contribution in [-0.4, -0.2) is 23.9 Å². The van der Waals surface area contributed by atoms with Crippen LogP contribution >= 0.6 is 0 Å². The Morgan fingerprint density at radius 3 is 1.93 bits per heavy atom. The van der Waals surface area contributed by atoms with Crippen LogP contribution in [0.15, 0.2) is 0 Å². The Balaban J connectivity index is 4.17. The standard InChI is InChI=1S/C13H28O2/c1-6-11(7-2)9-12(14)13(10(4)5)15-8-3/h10-14H,6-9H2,1-5H3. The monoisotopic (exact) mass is 216 g/mol. The van der Waals surface area contributed by atoms with Gasteiger partial charge in [-0.1, -0.05) is 40.5 Å². The maximum absolute atomic E-state index is 10.1. The van der Waals surface area contributed by atoms with Gasteiger partial charge in [-0.2, -0.15) is 0 Å². The van der Waals surface area contributed by atoms with Gasteiger partial charge in [-0.3, -0.25) is 0 Å². The summed E-state index contributed by atoms with van der Waals surface area (Å²) in [5, 5.41) is 10.1. The van der Waals surface area contributed by atoms with Gasteiger partial charge in [0, 0.05) is 6.61 Å². The fourth-order valence-electron chi connectivity index (χ4n) is 2.04. The van der Waals surface area contributed by atoms with Gasteiger partial charge in [-0.05, 0) is 25.2 Å². The molecular formula is C13H28O2. The van der Waals surface area contributed by atoms with Gasteiger partial charge in [-0.25, -0.2) is 0 Å². The molecule has 0 aliphatic rings. The minimum Gasteiger partial charge on any atom is -0.390 e. The molecule has 0 aromatic heterocycles. The lowest BCUT2D eigenvalue weighted by Crippen LogP contribution is -2.35. The summed E-state index contributed by atoms with van der Waals surface area (Å²) in [5.41, 5.74) is 0. The number of hydrogen-bond acceptors (Lipinski definition) is 2. The lowest BCUT2D eigenvalue weighted by molar-refractivity contribution is -0.0653. The first-order valence-electron chi connectivity index (χ1n) is 6.36. The fourth-order valence-corrected chi connectivity index (χ4v) is 2.04. The molecule has 0 rings (SSSR count). The first kappa shape index (κ1) is 14.9. The minimum atomic E-state index is -0.310. The number of ether oxygens (including phenoxy) is 1. The van der Waals surface area contributed by atoms with Gasteiger partial charge in [0.05, 0.1) is 12.2 Å². The van der Waals surface area contributed by atoms with Crippen molar-refractivity contribution in [1.29, 1.82) is 0 Å². The van der Waals surface area contributed by atoms with Gasteiger partial charge in [0.1, 0.15) is 0 Å². The molecule has 0 saturated carbocycles. The Morgan fingerprint density at radius 1 is 1.07 bits per heavy atom. The van der Waals surface area contributed by atoms with Crippen molar-refractivity contribution in [2.24, 2.45) is 11.8 Å². The van der Waals surface area contributed by atoms with E-state index in [0.29, 0.717) is 18.4 Å². The summed E-state index contributed by atoms with van der Waals surface area (Å²) in [4.78, 5) is 0. The van der Waals surface area contributed by atoms with Crippen LogP contribution in [0.3, 0.4) is 0 Å². The quantitative estimate of drug-likeness (QED) is 0.675. The molecule has 0 bridgehead atoms. The molecule has 0 aliphatic carbocycles. The van der Waals surface area contributed by atoms with E-state index in [1.54, 1.807) is 0 Å². The maximum Gasteiger partial charge on any atom is 0.0856 e. The van der Waals surface area contributed by atoms with E-state index >= 15 is 0 Å². The molecule has 0 fully saturated rings. The van der Waals surface area contributed by atoms with Crippen LogP contribution in [0.4, 0.5) is 0 Å². The Labute approximate surface area is 95.0 Å². The van der Waals surface area contributed by atoms with E-state index in [2.05, 4.69) is 27.7 Å². The van der Waals surface area contributed by atoms with Gasteiger partial charge < -0.3 is 9.84 Å². The normalized spacial score (nSPS) is 16.0. The molecule has 1 N–H and O–H groups in total. The van der Waals surface area contributed by atoms with Crippen molar-refractivity contribution in [2.75, 3.05) is 6.61 Å². The fraction of sp³-hybridized carbons (Fsp3) is 1.00. The van der Waals surface area contributed by atoms with Gasteiger partial charge in [0.2, 0.25) is 0 Å². The van der Waals surface area contributed by atoms with Crippen molar-refractivity contribution in [1.82, 2.24) is 0 Å². The van der Waals surface area contributed by atoms with E-state index in [-0.39, 0.29) is 12.2 Å². The van der Waals surface area contributed by atoms with E-state index in [1.165, 1.54) is 0 Å². The average molecular weight is 216 g/mol. The van der Waals surface area contributed by atoms with Crippen molar-refractivity contribution >= 4 is 0 Å². The molecule has 0 saturated heterocycles. The van der Waals surface area contributed by atoms with Gasteiger partial charge in [0.15, 0.2) is 0 Å². The van der Waals surface area contributed by atoms with Crippen LogP contribution in [0.2, 0.25) is 0 Å². The molecule has 0 aliphatic heterocycles. The third-order valence-corrected chi connectivity index (χ3v) is 3.12. The van der Waals surface area contributed by atoms with Crippen LogP contribution in [0.1, 0.15) is 53.9 Å². The molecule has 15 heavy (non-hydrogen) atoms. The zero-order valence-corrected chi connectivity index (χ0v) is 11.0. The second-order valence-corrected chi connectivity index (χ2v) is 4.65. The summed E-state index contributed by atoms with van der Waals surface area (Å²) in [6.07, 6.45) is 2.84. The van der Waals surface area contributed by atoms with Crippen molar-refractivity contribution in [3.8, 4) is 0 Å². The predicted molar refractivity (Wildman–Crippen MR) is 64.9 cm³/mol. The number of aliphatic hydroxyl groups excluding tert-OH is 1. The lowest BCUT2D eigenvalue weighted by atomic mass is 9.90. The zero-order valence-electron chi connectivity index (χ0n) is 11.0. The lowest BCUT2D eigenvalue weighted by Gasteiger charge is -2.28. The Morgan fingerprint density at radius 2 is 1.60 bits per heavy atom. The van der Waals surface area contributed by atoms with Crippen molar-refractivity contribution in [3.63, 3.8) is 0 Å². The Bertz CT molecular complexity index is 141. The van der Waals surface area contributed by atoms with Gasteiger partial charge in [-0.15, -0.1) is 0 Å². The summed E-state index contributed by atoms with van der Waals surface area (Å²) in [6, 6.07) is 0. The number of rotatable bonds is 8. The van der Waals surface area contributed by atoms with E-state index in [4.69, 9.17) is 4.74 Å². The van der Waals surface area contributed by atoms with Crippen molar-refractivity contribution in [3.05, 3.63) is 0 Å². The summed E-state index contributed by atoms with van der Waals surface area (Å²) in [5.74, 6) is 1.01. The summed E-state index contributed by atoms with van der Waals surface area (Å²) >= 11 is 0. The van der Waals surface area contributed by atoms with Crippen LogP contribution in [0.25, 0.3) is 0 Å².